The molecule has 0 radical (unpaired) electrons. The topological polar surface area (TPSA) is 146 Å². The molecule has 0 spiro atoms. The highest BCUT2D eigenvalue weighted by molar-refractivity contribution is 5.97. The molecular formula is C25H25N5O4. The van der Waals surface area contributed by atoms with Gasteiger partial charge in [0.05, 0.1) is 19.0 Å². The van der Waals surface area contributed by atoms with Gasteiger partial charge in [-0.25, -0.2) is 0 Å². The number of carboxylic acid groups (broad SMARTS) is 1. The lowest BCUT2D eigenvalue weighted by molar-refractivity contribution is -0.137. The van der Waals surface area contributed by atoms with Crippen LogP contribution in [0.5, 0.6) is 0 Å². The van der Waals surface area contributed by atoms with Gasteiger partial charge in [-0.3, -0.25) is 14.4 Å². The Balaban J connectivity index is 1.62. The maximum absolute atomic E-state index is 12.5. The van der Waals surface area contributed by atoms with Crippen LogP contribution in [0, 0.1) is 0 Å². The number of aliphatic carboxylic acids is 1. The van der Waals surface area contributed by atoms with Crippen LogP contribution >= 0.6 is 0 Å². The number of anilines is 1. The van der Waals surface area contributed by atoms with Crippen molar-refractivity contribution in [2.45, 2.75) is 12.5 Å². The number of carbonyl (C=O) groups is 3. The summed E-state index contributed by atoms with van der Waals surface area (Å²) in [4.78, 5) is 36.3. The van der Waals surface area contributed by atoms with Crippen LogP contribution in [0.2, 0.25) is 0 Å². The summed E-state index contributed by atoms with van der Waals surface area (Å²) in [7, 11) is 0. The molecule has 9 nitrogen and oxygen atoms in total. The molecule has 0 fully saturated rings. The number of benzene rings is 3. The predicted molar refractivity (Wildman–Crippen MR) is 130 cm³/mol. The molecule has 0 saturated heterocycles. The van der Waals surface area contributed by atoms with Crippen molar-refractivity contribution in [3.05, 3.63) is 90.0 Å². The van der Waals surface area contributed by atoms with Crippen molar-refractivity contribution in [2.24, 2.45) is 10.9 Å². The van der Waals surface area contributed by atoms with E-state index in [4.69, 9.17) is 5.84 Å². The Kier molecular flexibility index (Phi) is 8.34. The number of carbonyl (C=O) groups excluding carboxylic acids is 2. The molecule has 6 N–H and O–H groups in total. The van der Waals surface area contributed by atoms with Gasteiger partial charge in [0.25, 0.3) is 5.91 Å². The zero-order chi connectivity index (χ0) is 24.3. The zero-order valence-corrected chi connectivity index (χ0v) is 18.3. The minimum absolute atomic E-state index is 0.291. The molecule has 0 aliphatic carbocycles. The molecule has 1 unspecified atom stereocenters. The Labute approximate surface area is 196 Å². The smallest absolute Gasteiger partial charge is 0.305 e. The molecule has 0 heterocycles. The van der Waals surface area contributed by atoms with Crippen LogP contribution in [0.3, 0.4) is 0 Å². The molecular weight excluding hydrogens is 434 g/mol. The van der Waals surface area contributed by atoms with Crippen LogP contribution < -0.4 is 21.8 Å². The van der Waals surface area contributed by atoms with Gasteiger partial charge in [0.1, 0.15) is 6.34 Å². The van der Waals surface area contributed by atoms with Crippen LogP contribution in [-0.4, -0.2) is 35.8 Å². The molecule has 174 valence electrons. The lowest BCUT2D eigenvalue weighted by Crippen LogP contribution is -2.39. The second-order valence-electron chi connectivity index (χ2n) is 7.39. The fraction of sp³-hybridized carbons (Fsp3) is 0.120. The average molecular weight is 460 g/mol. The Bertz CT molecular complexity index is 1160. The fourth-order valence-corrected chi connectivity index (χ4v) is 3.34. The molecule has 3 aromatic carbocycles. The first-order valence-electron chi connectivity index (χ1n) is 10.5. The van der Waals surface area contributed by atoms with Crippen LogP contribution in [-0.2, 0) is 9.59 Å². The molecule has 0 saturated carbocycles. The SMILES string of the molecule is NN=CNc1cccc(C(=O)NCC(=O)NC(CC(=O)O)c2ccc(-c3ccccc3)cc2)c1. The van der Waals surface area contributed by atoms with E-state index < -0.39 is 23.8 Å². The maximum Gasteiger partial charge on any atom is 0.305 e. The third-order valence-electron chi connectivity index (χ3n) is 4.97. The van der Waals surface area contributed by atoms with Gasteiger partial charge in [-0.2, -0.15) is 5.10 Å². The van der Waals surface area contributed by atoms with Crippen molar-refractivity contribution in [2.75, 3.05) is 11.9 Å². The van der Waals surface area contributed by atoms with Crippen molar-refractivity contribution in [3.8, 4) is 11.1 Å². The Morgan fingerprint density at radius 1 is 0.941 bits per heavy atom. The lowest BCUT2D eigenvalue weighted by atomic mass is 9.99. The van der Waals surface area contributed by atoms with Gasteiger partial charge in [-0.05, 0) is 34.9 Å². The van der Waals surface area contributed by atoms with Crippen molar-refractivity contribution < 1.29 is 19.5 Å². The number of carboxylic acids is 1. The molecule has 9 heteroatoms. The van der Waals surface area contributed by atoms with Gasteiger partial charge in [-0.1, -0.05) is 60.7 Å². The largest absolute Gasteiger partial charge is 0.481 e. The number of nitrogens with one attached hydrogen (secondary N) is 3. The second-order valence-corrected chi connectivity index (χ2v) is 7.39. The third-order valence-corrected chi connectivity index (χ3v) is 4.97. The van der Waals surface area contributed by atoms with Crippen LogP contribution in [0.4, 0.5) is 5.69 Å². The highest BCUT2D eigenvalue weighted by Crippen LogP contribution is 2.23. The molecule has 0 bridgehead atoms. The summed E-state index contributed by atoms with van der Waals surface area (Å²) < 4.78 is 0. The first-order chi connectivity index (χ1) is 16.5. The average Bonchev–Trinajstić information content (AvgIpc) is 2.86. The quantitative estimate of drug-likeness (QED) is 0.136. The highest BCUT2D eigenvalue weighted by Gasteiger charge is 2.19. The molecule has 1 atom stereocenters. The number of rotatable bonds is 10. The van der Waals surface area contributed by atoms with Gasteiger partial charge in [0, 0.05) is 11.3 Å². The Hall–Kier alpha value is -4.66. The summed E-state index contributed by atoms with van der Waals surface area (Å²) in [6.45, 7) is -0.307. The highest BCUT2D eigenvalue weighted by atomic mass is 16.4. The normalized spacial score (nSPS) is 11.5. The van der Waals surface area contributed by atoms with Crippen LogP contribution in [0.1, 0.15) is 28.4 Å². The first kappa shape index (κ1) is 24.0. The lowest BCUT2D eigenvalue weighted by Gasteiger charge is -2.18. The van der Waals surface area contributed by atoms with Crippen molar-refractivity contribution in [1.29, 1.82) is 0 Å². The molecule has 0 aliphatic rings. The Morgan fingerprint density at radius 3 is 2.32 bits per heavy atom. The van der Waals surface area contributed by atoms with E-state index in [9.17, 15) is 19.5 Å². The second kappa shape index (κ2) is 11.8. The van der Waals surface area contributed by atoms with Gasteiger partial charge >= 0.3 is 5.97 Å². The van der Waals surface area contributed by atoms with Crippen molar-refractivity contribution in [3.63, 3.8) is 0 Å². The van der Waals surface area contributed by atoms with E-state index >= 15 is 0 Å². The number of nitrogens with two attached hydrogens (primary N) is 1. The van der Waals surface area contributed by atoms with Crippen molar-refractivity contribution >= 4 is 29.8 Å². The van der Waals surface area contributed by atoms with E-state index in [2.05, 4.69) is 21.1 Å². The van der Waals surface area contributed by atoms with Gasteiger partial charge in [0.2, 0.25) is 5.91 Å². The van der Waals surface area contributed by atoms with Crippen molar-refractivity contribution in [1.82, 2.24) is 10.6 Å². The van der Waals surface area contributed by atoms with Gasteiger partial charge in [-0.15, -0.1) is 0 Å². The van der Waals surface area contributed by atoms with Crippen LogP contribution in [0.15, 0.2) is 84.0 Å². The molecule has 0 aromatic heterocycles. The maximum atomic E-state index is 12.5. The summed E-state index contributed by atoms with van der Waals surface area (Å²) in [5.41, 5.74) is 3.60. The molecule has 0 aliphatic heterocycles. The first-order valence-corrected chi connectivity index (χ1v) is 10.5. The Morgan fingerprint density at radius 2 is 1.65 bits per heavy atom. The summed E-state index contributed by atoms with van der Waals surface area (Å²) in [5.74, 6) is 3.04. The minimum atomic E-state index is -1.05. The third kappa shape index (κ3) is 6.92. The molecule has 3 rings (SSSR count). The summed E-state index contributed by atoms with van der Waals surface area (Å²) in [6.07, 6.45) is 0.986. The van der Waals surface area contributed by atoms with E-state index in [1.54, 1.807) is 36.4 Å². The zero-order valence-electron chi connectivity index (χ0n) is 18.3. The van der Waals surface area contributed by atoms with E-state index in [0.29, 0.717) is 16.8 Å². The predicted octanol–water partition coefficient (Wildman–Crippen LogP) is 2.73. The van der Waals surface area contributed by atoms with Crippen LogP contribution in [0.25, 0.3) is 11.1 Å². The molecule has 34 heavy (non-hydrogen) atoms. The standard InChI is InChI=1S/C25H25N5O4/c26-29-16-28-21-8-4-7-20(13-21)25(34)27-15-23(31)30-22(14-24(32)33)19-11-9-18(10-12-19)17-5-2-1-3-6-17/h1-13,16,22H,14-15,26H2,(H,27,34)(H,28,29)(H,30,31)(H,32,33). The molecule has 2 amide bonds. The van der Waals surface area contributed by atoms with E-state index in [1.165, 1.54) is 6.34 Å². The number of hydrogen-bond donors (Lipinski definition) is 5. The van der Waals surface area contributed by atoms with Gasteiger partial charge < -0.3 is 26.9 Å². The monoisotopic (exact) mass is 459 g/mol. The van der Waals surface area contributed by atoms with Gasteiger partial charge in [0.15, 0.2) is 0 Å². The summed E-state index contributed by atoms with van der Waals surface area (Å²) in [6, 6.07) is 22.9. The number of hydrogen-bond acceptors (Lipinski definition) is 5. The number of hydrazone groups is 1. The minimum Gasteiger partial charge on any atom is -0.481 e. The fourth-order valence-electron chi connectivity index (χ4n) is 3.34. The van der Waals surface area contributed by atoms with E-state index in [0.717, 1.165) is 11.1 Å². The molecule has 3 aromatic rings. The number of nitrogens with zero attached hydrogens (tertiary/aromatic N) is 1. The summed E-state index contributed by atoms with van der Waals surface area (Å²) in [5, 5.41) is 20.7. The van der Waals surface area contributed by atoms with E-state index in [1.807, 2.05) is 42.5 Å². The summed E-state index contributed by atoms with van der Waals surface area (Å²) >= 11 is 0. The van der Waals surface area contributed by atoms with E-state index in [-0.39, 0.29) is 13.0 Å². The number of amides is 2.